The van der Waals surface area contributed by atoms with Gasteiger partial charge < -0.3 is 9.32 Å². The lowest BCUT2D eigenvalue weighted by Gasteiger charge is -2.22. The third-order valence-electron chi connectivity index (χ3n) is 2.37. The van der Waals surface area contributed by atoms with E-state index in [0.717, 1.165) is 16.2 Å². The molecule has 0 aliphatic carbocycles. The number of thiophene rings is 1. The predicted molar refractivity (Wildman–Crippen MR) is 71.5 cm³/mol. The van der Waals surface area contributed by atoms with E-state index >= 15 is 0 Å². The number of alkyl halides is 3. The zero-order chi connectivity index (χ0) is 14.8. The second kappa shape index (κ2) is 6.01. The van der Waals surface area contributed by atoms with Crippen molar-refractivity contribution in [1.82, 2.24) is 4.90 Å². The van der Waals surface area contributed by atoms with Crippen LogP contribution < -0.4 is 0 Å². The van der Waals surface area contributed by atoms with Crippen LogP contribution in [0, 0.1) is 0 Å². The van der Waals surface area contributed by atoms with Crippen molar-refractivity contribution in [3.8, 4) is 0 Å². The van der Waals surface area contributed by atoms with E-state index in [2.05, 4.69) is 15.9 Å². The lowest BCUT2D eigenvalue weighted by Crippen LogP contribution is -2.38. The SMILES string of the molecule is O=C(c1ccc(Br)s1)N(Cc1ccco1)CC(F)(F)F. The minimum Gasteiger partial charge on any atom is -0.467 e. The molecule has 1 amide bonds. The Balaban J connectivity index is 2.19. The molecule has 2 aromatic rings. The molecule has 0 aromatic carbocycles. The Bertz CT molecular complexity index is 580. The van der Waals surface area contributed by atoms with Crippen LogP contribution in [0.15, 0.2) is 38.7 Å². The van der Waals surface area contributed by atoms with Crippen molar-refractivity contribution < 1.29 is 22.4 Å². The molecule has 0 N–H and O–H groups in total. The van der Waals surface area contributed by atoms with Crippen LogP contribution in [0.4, 0.5) is 13.2 Å². The third kappa shape index (κ3) is 4.11. The fourth-order valence-corrected chi connectivity index (χ4v) is 2.95. The number of carbonyl (C=O) groups excluding carboxylic acids is 1. The van der Waals surface area contributed by atoms with E-state index in [0.29, 0.717) is 9.55 Å². The Hall–Kier alpha value is -1.28. The van der Waals surface area contributed by atoms with Gasteiger partial charge in [-0.3, -0.25) is 4.79 Å². The molecule has 108 valence electrons. The number of hydrogen-bond donors (Lipinski definition) is 0. The molecule has 0 fully saturated rings. The van der Waals surface area contributed by atoms with Gasteiger partial charge in [-0.15, -0.1) is 11.3 Å². The first kappa shape index (κ1) is 15.1. The van der Waals surface area contributed by atoms with Gasteiger partial charge in [-0.2, -0.15) is 13.2 Å². The molecule has 0 aliphatic rings. The van der Waals surface area contributed by atoms with Gasteiger partial charge in [0.2, 0.25) is 0 Å². The van der Waals surface area contributed by atoms with E-state index in [4.69, 9.17) is 4.42 Å². The maximum atomic E-state index is 12.6. The van der Waals surface area contributed by atoms with Crippen LogP contribution in [-0.2, 0) is 6.54 Å². The zero-order valence-corrected chi connectivity index (χ0v) is 12.4. The molecule has 0 radical (unpaired) electrons. The summed E-state index contributed by atoms with van der Waals surface area (Å²) in [6, 6.07) is 6.20. The van der Waals surface area contributed by atoms with E-state index in [1.807, 2.05) is 0 Å². The number of carbonyl (C=O) groups is 1. The minimum atomic E-state index is -4.46. The van der Waals surface area contributed by atoms with Crippen molar-refractivity contribution in [2.75, 3.05) is 6.54 Å². The fourth-order valence-electron chi connectivity index (χ4n) is 1.59. The van der Waals surface area contributed by atoms with E-state index in [1.165, 1.54) is 18.4 Å². The summed E-state index contributed by atoms with van der Waals surface area (Å²) in [6.07, 6.45) is -3.11. The molecule has 3 nitrogen and oxygen atoms in total. The van der Waals surface area contributed by atoms with Crippen molar-refractivity contribution in [3.63, 3.8) is 0 Å². The molecule has 0 spiro atoms. The predicted octanol–water partition coefficient (Wildman–Crippen LogP) is 4.31. The van der Waals surface area contributed by atoms with Crippen LogP contribution in [0.1, 0.15) is 15.4 Å². The smallest absolute Gasteiger partial charge is 0.406 e. The molecule has 2 rings (SSSR count). The molecule has 0 saturated heterocycles. The van der Waals surface area contributed by atoms with Crippen LogP contribution in [0.2, 0.25) is 0 Å². The standard InChI is InChI=1S/C12H9BrF3NO2S/c13-10-4-3-9(20-10)11(18)17(7-12(14,15)16)6-8-2-1-5-19-8/h1-5H,6-7H2. The van der Waals surface area contributed by atoms with Gasteiger partial charge in [0.1, 0.15) is 12.3 Å². The summed E-state index contributed by atoms with van der Waals surface area (Å²) in [4.78, 5) is 13.1. The Morgan fingerprint density at radius 1 is 1.35 bits per heavy atom. The summed E-state index contributed by atoms with van der Waals surface area (Å²) in [6.45, 7) is -1.54. The molecule has 8 heteroatoms. The first-order valence-electron chi connectivity index (χ1n) is 5.49. The quantitative estimate of drug-likeness (QED) is 0.806. The highest BCUT2D eigenvalue weighted by Gasteiger charge is 2.34. The summed E-state index contributed by atoms with van der Waals surface area (Å²) in [5, 5.41) is 0. The highest BCUT2D eigenvalue weighted by Crippen LogP contribution is 2.26. The Morgan fingerprint density at radius 2 is 2.10 bits per heavy atom. The lowest BCUT2D eigenvalue weighted by molar-refractivity contribution is -0.142. The molecule has 0 bridgehead atoms. The molecule has 2 heterocycles. The van der Waals surface area contributed by atoms with E-state index < -0.39 is 18.6 Å². The van der Waals surface area contributed by atoms with Gasteiger partial charge in [0.25, 0.3) is 5.91 Å². The average molecular weight is 368 g/mol. The van der Waals surface area contributed by atoms with Gasteiger partial charge in [-0.05, 0) is 40.2 Å². The van der Waals surface area contributed by atoms with Crippen LogP contribution in [0.3, 0.4) is 0 Å². The van der Waals surface area contributed by atoms with Gasteiger partial charge in [-0.1, -0.05) is 0 Å². The highest BCUT2D eigenvalue weighted by molar-refractivity contribution is 9.11. The number of hydrogen-bond acceptors (Lipinski definition) is 3. The molecule has 20 heavy (non-hydrogen) atoms. The zero-order valence-electron chi connectivity index (χ0n) is 9.98. The minimum absolute atomic E-state index is 0.221. The van der Waals surface area contributed by atoms with Gasteiger partial charge in [0.15, 0.2) is 0 Å². The van der Waals surface area contributed by atoms with Crippen LogP contribution in [0.5, 0.6) is 0 Å². The first-order valence-corrected chi connectivity index (χ1v) is 7.10. The van der Waals surface area contributed by atoms with Crippen LogP contribution >= 0.6 is 27.3 Å². The topological polar surface area (TPSA) is 33.5 Å². The summed E-state index contributed by atoms with van der Waals surface area (Å²) < 4.78 is 43.4. The number of halogens is 4. The van der Waals surface area contributed by atoms with Gasteiger partial charge in [-0.25, -0.2) is 0 Å². The maximum absolute atomic E-state index is 12.6. The number of nitrogens with zero attached hydrogens (tertiary/aromatic N) is 1. The number of rotatable bonds is 4. The van der Waals surface area contributed by atoms with Crippen LogP contribution in [0.25, 0.3) is 0 Å². The Kier molecular flexibility index (Phi) is 4.54. The molecule has 0 saturated carbocycles. The van der Waals surface area contributed by atoms with Gasteiger partial charge >= 0.3 is 6.18 Å². The average Bonchev–Trinajstić information content (AvgIpc) is 2.97. The largest absolute Gasteiger partial charge is 0.467 e. The van der Waals surface area contributed by atoms with Crippen molar-refractivity contribution >= 4 is 33.2 Å². The second-order valence-corrected chi connectivity index (χ2v) is 6.42. The fraction of sp³-hybridized carbons (Fsp3) is 0.250. The number of amides is 1. The van der Waals surface area contributed by atoms with Crippen molar-refractivity contribution in [1.29, 1.82) is 0 Å². The summed E-state index contributed by atoms with van der Waals surface area (Å²) in [5.74, 6) is -0.368. The van der Waals surface area contributed by atoms with E-state index in [1.54, 1.807) is 12.1 Å². The normalized spacial score (nSPS) is 11.6. The number of furan rings is 1. The molecule has 0 unspecified atom stereocenters. The Labute approximate surface area is 125 Å². The second-order valence-electron chi connectivity index (χ2n) is 3.96. The van der Waals surface area contributed by atoms with Crippen molar-refractivity contribution in [3.05, 3.63) is 45.0 Å². The summed E-state index contributed by atoms with van der Waals surface area (Å²) in [5.41, 5.74) is 0. The summed E-state index contributed by atoms with van der Waals surface area (Å²) in [7, 11) is 0. The molecule has 0 atom stereocenters. The highest BCUT2D eigenvalue weighted by atomic mass is 79.9. The Morgan fingerprint density at radius 3 is 2.60 bits per heavy atom. The van der Waals surface area contributed by atoms with Crippen LogP contribution in [-0.4, -0.2) is 23.5 Å². The maximum Gasteiger partial charge on any atom is 0.406 e. The molecular formula is C12H9BrF3NO2S. The van der Waals surface area contributed by atoms with Crippen molar-refractivity contribution in [2.24, 2.45) is 0 Å². The molecule has 2 aromatic heterocycles. The van der Waals surface area contributed by atoms with E-state index in [9.17, 15) is 18.0 Å². The molecule has 0 aliphatic heterocycles. The monoisotopic (exact) mass is 367 g/mol. The first-order chi connectivity index (χ1) is 9.35. The molecular weight excluding hydrogens is 359 g/mol. The van der Waals surface area contributed by atoms with Gasteiger partial charge in [0, 0.05) is 0 Å². The van der Waals surface area contributed by atoms with E-state index in [-0.39, 0.29) is 11.4 Å². The van der Waals surface area contributed by atoms with Crippen molar-refractivity contribution in [2.45, 2.75) is 12.7 Å². The van der Waals surface area contributed by atoms with Gasteiger partial charge in [0.05, 0.1) is 21.5 Å². The lowest BCUT2D eigenvalue weighted by atomic mass is 10.3. The third-order valence-corrected chi connectivity index (χ3v) is 3.98. The summed E-state index contributed by atoms with van der Waals surface area (Å²) >= 11 is 4.27.